The van der Waals surface area contributed by atoms with Crippen molar-refractivity contribution in [1.82, 2.24) is 19.8 Å². The van der Waals surface area contributed by atoms with Crippen LogP contribution >= 0.6 is 11.8 Å². The average Bonchev–Trinajstić information content (AvgIpc) is 3.58. The average molecular weight is 666 g/mol. The molecule has 0 radical (unpaired) electrons. The number of thioether (sulfide) groups is 1. The van der Waals surface area contributed by atoms with Crippen LogP contribution in [0.3, 0.4) is 0 Å². The fourth-order valence-electron chi connectivity index (χ4n) is 6.65. The predicted molar refractivity (Wildman–Crippen MR) is 188 cm³/mol. The highest BCUT2D eigenvalue weighted by molar-refractivity contribution is 7.99. The molecule has 5 aromatic rings. The van der Waals surface area contributed by atoms with E-state index in [4.69, 9.17) is 4.98 Å². The lowest BCUT2D eigenvalue weighted by molar-refractivity contribution is -0.138. The first-order chi connectivity index (χ1) is 23.2. The second-order valence-electron chi connectivity index (χ2n) is 12.7. The first kappa shape index (κ1) is 32.4. The summed E-state index contributed by atoms with van der Waals surface area (Å²) < 4.78 is 44.1. The molecule has 0 aliphatic carbocycles. The van der Waals surface area contributed by atoms with Crippen LogP contribution in [0.5, 0.6) is 0 Å². The van der Waals surface area contributed by atoms with Crippen molar-refractivity contribution in [2.75, 3.05) is 43.9 Å². The summed E-state index contributed by atoms with van der Waals surface area (Å²) in [5.74, 6) is 1.00. The molecule has 1 saturated heterocycles. The Morgan fingerprint density at radius 2 is 1.60 bits per heavy atom. The van der Waals surface area contributed by atoms with E-state index in [2.05, 4.69) is 39.0 Å². The minimum atomic E-state index is -4.48. The van der Waals surface area contributed by atoms with Crippen LogP contribution in [0.2, 0.25) is 0 Å². The van der Waals surface area contributed by atoms with Crippen molar-refractivity contribution in [3.8, 4) is 11.3 Å². The second-order valence-corrected chi connectivity index (χ2v) is 13.8. The molecule has 2 aliphatic rings. The van der Waals surface area contributed by atoms with Crippen molar-refractivity contribution in [2.24, 2.45) is 0 Å². The minimum Gasteiger partial charge on any atom is -0.310 e. The molecular formula is C39H38F3N5S. The zero-order valence-electron chi connectivity index (χ0n) is 27.2. The van der Waals surface area contributed by atoms with Gasteiger partial charge >= 0.3 is 6.18 Å². The summed E-state index contributed by atoms with van der Waals surface area (Å²) in [4.78, 5) is 15.4. The molecule has 1 fully saturated rings. The van der Waals surface area contributed by atoms with Gasteiger partial charge in [0, 0.05) is 73.5 Å². The first-order valence-electron chi connectivity index (χ1n) is 16.3. The smallest absolute Gasteiger partial charge is 0.310 e. The lowest BCUT2D eigenvalue weighted by atomic mass is 9.96. The Bertz CT molecular complexity index is 1890. The topological polar surface area (TPSA) is 35.5 Å². The number of hydrogen-bond donors (Lipinski definition) is 0. The van der Waals surface area contributed by atoms with Crippen molar-refractivity contribution < 1.29 is 13.2 Å². The van der Waals surface area contributed by atoms with Gasteiger partial charge in [-0.05, 0) is 103 Å². The third kappa shape index (κ3) is 6.99. The molecular weight excluding hydrogens is 628 g/mol. The summed E-state index contributed by atoms with van der Waals surface area (Å²) in [6, 6.07) is 27.0. The summed E-state index contributed by atoms with van der Waals surface area (Å²) >= 11 is 1.79. The normalized spacial score (nSPS) is 15.4. The zero-order chi connectivity index (χ0) is 33.3. The third-order valence-corrected chi connectivity index (χ3v) is 10.3. The highest BCUT2D eigenvalue weighted by Gasteiger charge is 2.35. The van der Waals surface area contributed by atoms with E-state index >= 15 is 0 Å². The summed E-state index contributed by atoms with van der Waals surface area (Å²) in [5.41, 5.74) is 8.40. The molecule has 0 amide bonds. The van der Waals surface area contributed by atoms with Crippen LogP contribution in [0.15, 0.2) is 102 Å². The van der Waals surface area contributed by atoms with E-state index in [1.165, 1.54) is 17.2 Å². The Kier molecular flexibility index (Phi) is 9.27. The van der Waals surface area contributed by atoms with Crippen LogP contribution in [-0.4, -0.2) is 58.7 Å². The minimum absolute atomic E-state index is 0.277. The first-order valence-corrected chi connectivity index (χ1v) is 17.3. The molecule has 0 N–H and O–H groups in total. The number of para-hydroxylation sites is 1. The quantitative estimate of drug-likeness (QED) is 0.165. The van der Waals surface area contributed by atoms with Crippen LogP contribution in [-0.2, 0) is 25.6 Å². The molecule has 5 nitrogen and oxygen atoms in total. The Balaban J connectivity index is 1.28. The molecule has 2 aliphatic heterocycles. The molecule has 48 heavy (non-hydrogen) atoms. The molecule has 0 bridgehead atoms. The standard InChI is InChI=1S/C39H38F3N5S/c1-27-8-9-28(22-31-24-36(29-12-15-43-16-13-29)44-38-34(31)14-21-48-38)23-37(27)47(32-6-4-3-5-7-32)33-11-10-30(35(25-33)39(40,41)42)26-46-19-17-45(2)18-20-46/h3-13,15-16,23-25H,14,17-22,26H2,1-2H3. The summed E-state index contributed by atoms with van der Waals surface area (Å²) in [7, 11) is 2.05. The molecule has 3 aromatic carbocycles. The summed E-state index contributed by atoms with van der Waals surface area (Å²) in [6.45, 7) is 5.50. The number of pyridine rings is 2. The summed E-state index contributed by atoms with van der Waals surface area (Å²) in [6.07, 6.45) is 0.740. The van der Waals surface area contributed by atoms with Crippen LogP contribution in [0.4, 0.5) is 30.2 Å². The molecule has 7 rings (SSSR count). The van der Waals surface area contributed by atoms with E-state index in [1.807, 2.05) is 67.4 Å². The van der Waals surface area contributed by atoms with Gasteiger partial charge in [-0.2, -0.15) is 13.2 Å². The van der Waals surface area contributed by atoms with Gasteiger partial charge in [-0.3, -0.25) is 9.88 Å². The number of fused-ring (bicyclic) bond motifs is 1. The highest BCUT2D eigenvalue weighted by atomic mass is 32.2. The summed E-state index contributed by atoms with van der Waals surface area (Å²) in [5, 5.41) is 1.08. The molecule has 9 heteroatoms. The van der Waals surface area contributed by atoms with Gasteiger partial charge in [0.2, 0.25) is 0 Å². The number of nitrogens with zero attached hydrogens (tertiary/aromatic N) is 5. The number of halogens is 3. The van der Waals surface area contributed by atoms with Crippen LogP contribution in [0.1, 0.15) is 33.4 Å². The number of aromatic nitrogens is 2. The van der Waals surface area contributed by atoms with Crippen molar-refractivity contribution in [3.05, 3.63) is 131 Å². The fraction of sp³-hybridized carbons (Fsp3) is 0.282. The van der Waals surface area contributed by atoms with Gasteiger partial charge in [0.25, 0.3) is 0 Å². The van der Waals surface area contributed by atoms with Gasteiger partial charge in [0.15, 0.2) is 0 Å². The van der Waals surface area contributed by atoms with Crippen molar-refractivity contribution in [2.45, 2.75) is 37.5 Å². The van der Waals surface area contributed by atoms with Gasteiger partial charge in [-0.1, -0.05) is 36.4 Å². The Hall–Kier alpha value is -4.18. The molecule has 246 valence electrons. The van der Waals surface area contributed by atoms with E-state index in [9.17, 15) is 13.2 Å². The lowest BCUT2D eigenvalue weighted by Gasteiger charge is -2.33. The Labute approximate surface area is 284 Å². The maximum Gasteiger partial charge on any atom is 0.416 e. The molecule has 0 unspecified atom stereocenters. The molecule has 0 saturated carbocycles. The van der Waals surface area contributed by atoms with E-state index < -0.39 is 11.7 Å². The van der Waals surface area contributed by atoms with E-state index in [1.54, 1.807) is 30.2 Å². The number of aryl methyl sites for hydroxylation is 1. The number of rotatable bonds is 8. The number of benzene rings is 3. The predicted octanol–water partition coefficient (Wildman–Crippen LogP) is 8.93. The van der Waals surface area contributed by atoms with Crippen molar-refractivity contribution in [3.63, 3.8) is 0 Å². The van der Waals surface area contributed by atoms with E-state index in [0.29, 0.717) is 17.7 Å². The SMILES string of the molecule is Cc1ccc(Cc2cc(-c3ccncc3)nc3c2CCS3)cc1N(c1ccccc1)c1ccc(CN2CCN(C)CC2)c(C(F)(F)F)c1. The van der Waals surface area contributed by atoms with Gasteiger partial charge in [-0.25, -0.2) is 4.98 Å². The highest BCUT2D eigenvalue weighted by Crippen LogP contribution is 2.42. The molecule has 2 aromatic heterocycles. The van der Waals surface area contributed by atoms with Gasteiger partial charge in [0.05, 0.1) is 11.3 Å². The molecule has 0 atom stereocenters. The van der Waals surface area contributed by atoms with Gasteiger partial charge < -0.3 is 9.80 Å². The number of likely N-dealkylation sites (N-methyl/N-ethyl adjacent to an activating group) is 1. The van der Waals surface area contributed by atoms with Crippen molar-refractivity contribution in [1.29, 1.82) is 0 Å². The van der Waals surface area contributed by atoms with Gasteiger partial charge in [-0.15, -0.1) is 11.8 Å². The van der Waals surface area contributed by atoms with E-state index in [-0.39, 0.29) is 6.54 Å². The number of anilines is 3. The Morgan fingerprint density at radius 1 is 0.833 bits per heavy atom. The van der Waals surface area contributed by atoms with Crippen molar-refractivity contribution >= 4 is 28.8 Å². The van der Waals surface area contributed by atoms with Crippen LogP contribution in [0.25, 0.3) is 11.3 Å². The second kappa shape index (κ2) is 13.7. The molecule has 0 spiro atoms. The van der Waals surface area contributed by atoms with Crippen LogP contribution in [0, 0.1) is 6.92 Å². The molecule has 4 heterocycles. The van der Waals surface area contributed by atoms with Crippen LogP contribution < -0.4 is 4.90 Å². The van der Waals surface area contributed by atoms with E-state index in [0.717, 1.165) is 77.1 Å². The van der Waals surface area contributed by atoms with Gasteiger partial charge in [0.1, 0.15) is 5.03 Å². The monoisotopic (exact) mass is 665 g/mol. The third-order valence-electron chi connectivity index (χ3n) is 9.32. The largest absolute Gasteiger partial charge is 0.416 e. The zero-order valence-corrected chi connectivity index (χ0v) is 28.0. The fourth-order valence-corrected chi connectivity index (χ4v) is 7.72. The maximum atomic E-state index is 14.7. The lowest BCUT2D eigenvalue weighted by Crippen LogP contribution is -2.44. The Morgan fingerprint density at radius 3 is 2.35 bits per heavy atom. The number of piperazine rings is 1. The number of alkyl halides is 3. The maximum absolute atomic E-state index is 14.7. The number of hydrogen-bond acceptors (Lipinski definition) is 6.